The van der Waals surface area contributed by atoms with Crippen LogP contribution in [0.1, 0.15) is 18.3 Å². The number of benzene rings is 3. The Morgan fingerprint density at radius 3 is 2.27 bits per heavy atom. The monoisotopic (exact) mass is 513 g/mol. The topological polar surface area (TPSA) is 63.5 Å². The molecule has 4 aromatic rings. The van der Waals surface area contributed by atoms with Gasteiger partial charge in [-0.15, -0.1) is 10.2 Å². The van der Waals surface area contributed by atoms with Gasteiger partial charge in [-0.3, -0.25) is 9.36 Å². The van der Waals surface area contributed by atoms with Crippen molar-refractivity contribution in [2.45, 2.75) is 18.5 Å². The number of piperazine rings is 1. The smallest absolute Gasteiger partial charge is 0.233 e. The molecule has 0 N–H and O–H groups in total. The number of aromatic nitrogens is 3. The zero-order valence-corrected chi connectivity index (χ0v) is 21.8. The van der Waals surface area contributed by atoms with Crippen LogP contribution < -0.4 is 9.64 Å². The van der Waals surface area contributed by atoms with Crippen molar-refractivity contribution >= 4 is 23.4 Å². The molecule has 5 rings (SSSR count). The van der Waals surface area contributed by atoms with Gasteiger partial charge in [-0.1, -0.05) is 72.4 Å². The molecule has 0 saturated carbocycles. The number of amides is 1. The molecule has 1 amide bonds. The molecule has 1 saturated heterocycles. The van der Waals surface area contributed by atoms with E-state index in [2.05, 4.69) is 37.9 Å². The van der Waals surface area contributed by atoms with Crippen LogP contribution in [0.15, 0.2) is 90.1 Å². The summed E-state index contributed by atoms with van der Waals surface area (Å²) in [6.45, 7) is 5.56. The lowest BCUT2D eigenvalue weighted by Gasteiger charge is -2.36. The second-order valence-electron chi connectivity index (χ2n) is 8.79. The van der Waals surface area contributed by atoms with E-state index in [9.17, 15) is 4.79 Å². The second-order valence-corrected chi connectivity index (χ2v) is 9.73. The molecule has 7 nitrogen and oxygen atoms in total. The van der Waals surface area contributed by atoms with Crippen LogP contribution in [-0.2, 0) is 11.2 Å². The highest BCUT2D eigenvalue weighted by Gasteiger charge is 2.24. The highest BCUT2D eigenvalue weighted by Crippen LogP contribution is 2.29. The van der Waals surface area contributed by atoms with E-state index >= 15 is 0 Å². The van der Waals surface area contributed by atoms with E-state index in [0.717, 1.165) is 41.2 Å². The van der Waals surface area contributed by atoms with Gasteiger partial charge < -0.3 is 14.5 Å². The van der Waals surface area contributed by atoms with E-state index in [-0.39, 0.29) is 5.91 Å². The summed E-state index contributed by atoms with van der Waals surface area (Å²) in [5.74, 6) is 2.20. The molecule has 1 aliphatic rings. The molecule has 0 radical (unpaired) electrons. The lowest BCUT2D eigenvalue weighted by molar-refractivity contribution is -0.128. The van der Waals surface area contributed by atoms with Gasteiger partial charge in [-0.2, -0.15) is 0 Å². The molecule has 0 atom stereocenters. The standard InChI is InChI=1S/C29H31N5O2S/c1-2-36-26-16-10-9-15-25(26)32-17-19-33(20-18-32)28(35)22-37-29-31-30-27(21-23-11-5-3-6-12-23)34(29)24-13-7-4-8-14-24/h3-16H,2,17-22H2,1H3. The normalized spacial score (nSPS) is 13.5. The quantitative estimate of drug-likeness (QED) is 0.303. The van der Waals surface area contributed by atoms with Gasteiger partial charge in [0.2, 0.25) is 5.91 Å². The highest BCUT2D eigenvalue weighted by atomic mass is 32.2. The predicted molar refractivity (Wildman–Crippen MR) is 148 cm³/mol. The van der Waals surface area contributed by atoms with Crippen LogP contribution in [0, 0.1) is 0 Å². The number of carbonyl (C=O) groups is 1. The number of hydrogen-bond donors (Lipinski definition) is 0. The molecule has 0 bridgehead atoms. The first-order valence-electron chi connectivity index (χ1n) is 12.6. The lowest BCUT2D eigenvalue weighted by Crippen LogP contribution is -2.49. The van der Waals surface area contributed by atoms with Crippen molar-refractivity contribution in [3.63, 3.8) is 0 Å². The average Bonchev–Trinajstić information content (AvgIpc) is 3.35. The molecule has 0 spiro atoms. The average molecular weight is 514 g/mol. The zero-order valence-electron chi connectivity index (χ0n) is 21.0. The molecule has 8 heteroatoms. The molecule has 3 aromatic carbocycles. The second kappa shape index (κ2) is 12.0. The molecule has 1 aliphatic heterocycles. The summed E-state index contributed by atoms with van der Waals surface area (Å²) in [5.41, 5.74) is 3.26. The van der Waals surface area contributed by atoms with E-state index < -0.39 is 0 Å². The molecular weight excluding hydrogens is 482 g/mol. The minimum Gasteiger partial charge on any atom is -0.492 e. The van der Waals surface area contributed by atoms with E-state index in [1.807, 2.05) is 78.6 Å². The Hall–Kier alpha value is -3.78. The summed E-state index contributed by atoms with van der Waals surface area (Å²) in [5, 5.41) is 9.69. The van der Waals surface area contributed by atoms with Crippen LogP contribution in [0.3, 0.4) is 0 Å². The Morgan fingerprint density at radius 1 is 0.865 bits per heavy atom. The third kappa shape index (κ3) is 5.97. The van der Waals surface area contributed by atoms with Gasteiger partial charge >= 0.3 is 0 Å². The zero-order chi connectivity index (χ0) is 25.5. The SMILES string of the molecule is CCOc1ccccc1N1CCN(C(=O)CSc2nnc(Cc3ccccc3)n2-c2ccccc2)CC1. The number of carbonyl (C=O) groups excluding carboxylic acids is 1. The van der Waals surface area contributed by atoms with Crippen molar-refractivity contribution in [1.29, 1.82) is 0 Å². The van der Waals surface area contributed by atoms with Crippen LogP contribution in [0.5, 0.6) is 5.75 Å². The summed E-state index contributed by atoms with van der Waals surface area (Å²) >= 11 is 1.45. The number of nitrogens with zero attached hydrogens (tertiary/aromatic N) is 5. The molecule has 1 fully saturated rings. The van der Waals surface area contributed by atoms with Gasteiger partial charge in [0.05, 0.1) is 18.0 Å². The van der Waals surface area contributed by atoms with Gasteiger partial charge in [0.25, 0.3) is 0 Å². The van der Waals surface area contributed by atoms with E-state index in [1.54, 1.807) is 0 Å². The minimum absolute atomic E-state index is 0.120. The molecule has 190 valence electrons. The first-order chi connectivity index (χ1) is 18.2. The molecular formula is C29H31N5O2S. The number of rotatable bonds is 9. The maximum atomic E-state index is 13.1. The summed E-state index contributed by atoms with van der Waals surface area (Å²) < 4.78 is 7.86. The van der Waals surface area contributed by atoms with Gasteiger partial charge in [-0.25, -0.2) is 0 Å². The van der Waals surface area contributed by atoms with Crippen molar-refractivity contribution in [3.8, 4) is 11.4 Å². The number of thioether (sulfide) groups is 1. The first-order valence-corrected chi connectivity index (χ1v) is 13.6. The predicted octanol–water partition coefficient (Wildman–Crippen LogP) is 4.70. The van der Waals surface area contributed by atoms with Crippen molar-refractivity contribution in [2.75, 3.05) is 43.4 Å². The van der Waals surface area contributed by atoms with Crippen LogP contribution in [0.2, 0.25) is 0 Å². The number of hydrogen-bond acceptors (Lipinski definition) is 6. The van der Waals surface area contributed by atoms with Crippen LogP contribution >= 0.6 is 11.8 Å². The Kier molecular flexibility index (Phi) is 8.05. The third-order valence-corrected chi connectivity index (χ3v) is 7.30. The number of ether oxygens (including phenoxy) is 1. The van der Waals surface area contributed by atoms with E-state index in [4.69, 9.17) is 4.74 Å². The van der Waals surface area contributed by atoms with Gasteiger partial charge in [0.15, 0.2) is 5.16 Å². The minimum atomic E-state index is 0.120. The van der Waals surface area contributed by atoms with Crippen LogP contribution in [0.4, 0.5) is 5.69 Å². The summed E-state index contributed by atoms with van der Waals surface area (Å²) in [6.07, 6.45) is 0.669. The Bertz CT molecular complexity index is 1300. The summed E-state index contributed by atoms with van der Waals surface area (Å²) in [7, 11) is 0. The van der Waals surface area contributed by atoms with Gasteiger partial charge in [0, 0.05) is 38.3 Å². The van der Waals surface area contributed by atoms with Gasteiger partial charge in [0.1, 0.15) is 11.6 Å². The maximum Gasteiger partial charge on any atom is 0.233 e. The van der Waals surface area contributed by atoms with E-state index in [0.29, 0.717) is 31.9 Å². The van der Waals surface area contributed by atoms with Crippen molar-refractivity contribution in [2.24, 2.45) is 0 Å². The van der Waals surface area contributed by atoms with Gasteiger partial charge in [-0.05, 0) is 36.8 Å². The van der Waals surface area contributed by atoms with E-state index in [1.165, 1.54) is 17.3 Å². The molecule has 2 heterocycles. The summed E-state index contributed by atoms with van der Waals surface area (Å²) in [4.78, 5) is 17.4. The third-order valence-electron chi connectivity index (χ3n) is 6.38. The molecule has 37 heavy (non-hydrogen) atoms. The highest BCUT2D eigenvalue weighted by molar-refractivity contribution is 7.99. The Labute approximate surface area is 222 Å². The number of para-hydroxylation sites is 3. The summed E-state index contributed by atoms with van der Waals surface area (Å²) in [6, 6.07) is 28.4. The Morgan fingerprint density at radius 2 is 1.54 bits per heavy atom. The maximum absolute atomic E-state index is 13.1. The molecule has 0 aliphatic carbocycles. The lowest BCUT2D eigenvalue weighted by atomic mass is 10.1. The molecule has 1 aromatic heterocycles. The Balaban J connectivity index is 1.24. The fourth-order valence-electron chi connectivity index (χ4n) is 4.53. The fraction of sp³-hybridized carbons (Fsp3) is 0.276. The van der Waals surface area contributed by atoms with Crippen LogP contribution in [0.25, 0.3) is 5.69 Å². The largest absolute Gasteiger partial charge is 0.492 e. The van der Waals surface area contributed by atoms with Crippen molar-refractivity contribution < 1.29 is 9.53 Å². The first kappa shape index (κ1) is 24.9. The van der Waals surface area contributed by atoms with Crippen molar-refractivity contribution in [1.82, 2.24) is 19.7 Å². The van der Waals surface area contributed by atoms with Crippen LogP contribution in [-0.4, -0.2) is 64.1 Å². The fourth-order valence-corrected chi connectivity index (χ4v) is 5.41. The molecule has 0 unspecified atom stereocenters. The van der Waals surface area contributed by atoms with Crippen molar-refractivity contribution in [3.05, 3.63) is 96.3 Å². The number of anilines is 1.